The van der Waals surface area contributed by atoms with Crippen molar-refractivity contribution in [2.24, 2.45) is 0 Å². The third kappa shape index (κ3) is 4.51. The molecule has 6 heteroatoms. The van der Waals surface area contributed by atoms with Crippen LogP contribution in [-0.4, -0.2) is 42.9 Å². The Morgan fingerprint density at radius 3 is 2.74 bits per heavy atom. The largest absolute Gasteiger partial charge is 0.349 e. The van der Waals surface area contributed by atoms with E-state index in [-0.39, 0.29) is 18.5 Å². The molecule has 0 saturated carbocycles. The molecule has 1 aliphatic carbocycles. The van der Waals surface area contributed by atoms with Gasteiger partial charge in [-0.05, 0) is 50.2 Å². The lowest BCUT2D eigenvalue weighted by molar-refractivity contribution is 0.0697. The zero-order chi connectivity index (χ0) is 16.2. The minimum atomic E-state index is -2.28. The predicted octanol–water partition coefficient (Wildman–Crippen LogP) is 3.48. The number of nitrogens with one attached hydrogen (secondary N) is 1. The van der Waals surface area contributed by atoms with Gasteiger partial charge in [0.25, 0.3) is 12.3 Å². The second-order valence-electron chi connectivity index (χ2n) is 6.56. The van der Waals surface area contributed by atoms with Gasteiger partial charge in [0.15, 0.2) is 0 Å². The first-order valence-corrected chi connectivity index (χ1v) is 9.36. The second-order valence-corrected chi connectivity index (χ2v) is 7.70. The average Bonchev–Trinajstić information content (AvgIpc) is 2.80. The van der Waals surface area contributed by atoms with Crippen LogP contribution in [-0.2, 0) is 12.8 Å². The lowest BCUT2D eigenvalue weighted by Gasteiger charge is -2.31. The Bertz CT molecular complexity index is 515. The molecule has 1 amide bonds. The average molecular weight is 342 g/mol. The van der Waals surface area contributed by atoms with Gasteiger partial charge < -0.3 is 5.32 Å². The van der Waals surface area contributed by atoms with Crippen molar-refractivity contribution in [2.45, 2.75) is 57.4 Å². The number of halogens is 2. The van der Waals surface area contributed by atoms with E-state index in [1.54, 1.807) is 16.2 Å². The zero-order valence-electron chi connectivity index (χ0n) is 13.3. The number of fused-ring (bicyclic) bond motifs is 1. The summed E-state index contributed by atoms with van der Waals surface area (Å²) < 4.78 is 24.8. The molecule has 1 aromatic heterocycles. The molecule has 0 atom stereocenters. The minimum absolute atomic E-state index is 0.00961. The molecule has 0 aromatic carbocycles. The van der Waals surface area contributed by atoms with Crippen LogP contribution < -0.4 is 5.32 Å². The number of amides is 1. The van der Waals surface area contributed by atoms with E-state index in [9.17, 15) is 13.6 Å². The Balaban J connectivity index is 1.52. The standard InChI is InChI=1S/C17H24F2N2OS/c18-16(19)11-21-8-6-13(7-9-21)20-17(22)15-10-12-4-2-1-3-5-14(12)23-15/h10,13,16H,1-9,11H2,(H,20,22). The Morgan fingerprint density at radius 2 is 2.00 bits per heavy atom. The third-order valence-electron chi connectivity index (χ3n) is 4.79. The molecule has 1 aromatic rings. The summed E-state index contributed by atoms with van der Waals surface area (Å²) in [5, 5.41) is 3.09. The highest BCUT2D eigenvalue weighted by atomic mass is 32.1. The normalized spacial score (nSPS) is 20.3. The fourth-order valence-electron chi connectivity index (χ4n) is 3.49. The Labute approximate surface area is 140 Å². The van der Waals surface area contributed by atoms with Gasteiger partial charge in [0.2, 0.25) is 0 Å². The maximum absolute atomic E-state index is 12.4. The van der Waals surface area contributed by atoms with E-state index in [4.69, 9.17) is 0 Å². The number of aryl methyl sites for hydroxylation is 2. The SMILES string of the molecule is O=C(NC1CCN(CC(F)F)CC1)c1cc2c(s1)CCCCC2. The highest BCUT2D eigenvalue weighted by Crippen LogP contribution is 2.29. The second kappa shape index (κ2) is 7.71. The predicted molar refractivity (Wildman–Crippen MR) is 88.5 cm³/mol. The summed E-state index contributed by atoms with van der Waals surface area (Å²) in [5.74, 6) is 0.00961. The van der Waals surface area contributed by atoms with Crippen molar-refractivity contribution in [3.63, 3.8) is 0 Å². The van der Waals surface area contributed by atoms with Gasteiger partial charge in [-0.25, -0.2) is 8.78 Å². The summed E-state index contributed by atoms with van der Waals surface area (Å²) in [5.41, 5.74) is 1.35. The van der Waals surface area contributed by atoms with Gasteiger partial charge in [-0.3, -0.25) is 9.69 Å². The highest BCUT2D eigenvalue weighted by molar-refractivity contribution is 7.14. The minimum Gasteiger partial charge on any atom is -0.349 e. The maximum atomic E-state index is 12.4. The highest BCUT2D eigenvalue weighted by Gasteiger charge is 2.24. The number of nitrogens with zero attached hydrogens (tertiary/aromatic N) is 1. The van der Waals surface area contributed by atoms with Crippen LogP contribution in [0.2, 0.25) is 0 Å². The molecule has 23 heavy (non-hydrogen) atoms. The van der Waals surface area contributed by atoms with Crippen LogP contribution >= 0.6 is 11.3 Å². The van der Waals surface area contributed by atoms with Crippen molar-refractivity contribution in [1.29, 1.82) is 0 Å². The lowest BCUT2D eigenvalue weighted by Crippen LogP contribution is -2.45. The van der Waals surface area contributed by atoms with Crippen LogP contribution in [0.25, 0.3) is 0 Å². The summed E-state index contributed by atoms with van der Waals surface area (Å²) in [6.45, 7) is 1.12. The number of alkyl halides is 2. The molecule has 1 N–H and O–H groups in total. The van der Waals surface area contributed by atoms with Gasteiger partial charge in [-0.15, -0.1) is 11.3 Å². The van der Waals surface area contributed by atoms with Crippen LogP contribution in [0.15, 0.2) is 6.07 Å². The number of thiophene rings is 1. The van der Waals surface area contributed by atoms with E-state index in [2.05, 4.69) is 11.4 Å². The number of hydrogen-bond donors (Lipinski definition) is 1. The summed E-state index contributed by atoms with van der Waals surface area (Å²) in [6, 6.07) is 2.17. The van der Waals surface area contributed by atoms with Gasteiger partial charge in [0.05, 0.1) is 11.4 Å². The summed E-state index contributed by atoms with van der Waals surface area (Å²) >= 11 is 1.63. The van der Waals surface area contributed by atoms with E-state index >= 15 is 0 Å². The van der Waals surface area contributed by atoms with E-state index in [0.29, 0.717) is 13.1 Å². The molecule has 1 saturated heterocycles. The van der Waals surface area contributed by atoms with Crippen LogP contribution in [0.5, 0.6) is 0 Å². The topological polar surface area (TPSA) is 32.3 Å². The monoisotopic (exact) mass is 342 g/mol. The molecule has 0 unspecified atom stereocenters. The van der Waals surface area contributed by atoms with Crippen LogP contribution in [0, 0.1) is 0 Å². The van der Waals surface area contributed by atoms with Crippen molar-refractivity contribution in [3.8, 4) is 0 Å². The first-order chi connectivity index (χ1) is 11.1. The number of likely N-dealkylation sites (tertiary alicyclic amines) is 1. The van der Waals surface area contributed by atoms with Crippen molar-refractivity contribution in [1.82, 2.24) is 10.2 Å². The van der Waals surface area contributed by atoms with Gasteiger partial charge in [-0.1, -0.05) is 6.42 Å². The molecular weight excluding hydrogens is 318 g/mol. The quantitative estimate of drug-likeness (QED) is 0.850. The molecule has 0 bridgehead atoms. The van der Waals surface area contributed by atoms with Crippen LogP contribution in [0.4, 0.5) is 8.78 Å². The van der Waals surface area contributed by atoms with Crippen molar-refractivity contribution >= 4 is 17.2 Å². The summed E-state index contributed by atoms with van der Waals surface area (Å²) in [6.07, 6.45) is 5.13. The molecule has 0 radical (unpaired) electrons. The van der Waals surface area contributed by atoms with Gasteiger partial charge in [0.1, 0.15) is 0 Å². The molecule has 2 aliphatic rings. The fourth-order valence-corrected chi connectivity index (χ4v) is 4.65. The first kappa shape index (κ1) is 16.8. The maximum Gasteiger partial charge on any atom is 0.261 e. The fraction of sp³-hybridized carbons (Fsp3) is 0.706. The molecule has 128 valence electrons. The van der Waals surface area contributed by atoms with Crippen LogP contribution in [0.1, 0.15) is 52.2 Å². The molecule has 2 heterocycles. The van der Waals surface area contributed by atoms with Gasteiger partial charge >= 0.3 is 0 Å². The molecular formula is C17H24F2N2OS. The molecule has 3 rings (SSSR count). The van der Waals surface area contributed by atoms with Gasteiger partial charge in [-0.2, -0.15) is 0 Å². The smallest absolute Gasteiger partial charge is 0.261 e. The molecule has 0 spiro atoms. The van der Waals surface area contributed by atoms with Crippen molar-refractivity contribution in [2.75, 3.05) is 19.6 Å². The van der Waals surface area contributed by atoms with E-state index in [0.717, 1.165) is 30.6 Å². The Morgan fingerprint density at radius 1 is 1.26 bits per heavy atom. The number of piperidine rings is 1. The van der Waals surface area contributed by atoms with E-state index < -0.39 is 6.43 Å². The van der Waals surface area contributed by atoms with Crippen LogP contribution in [0.3, 0.4) is 0 Å². The molecule has 3 nitrogen and oxygen atoms in total. The van der Waals surface area contributed by atoms with Gasteiger partial charge in [0, 0.05) is 24.0 Å². The lowest BCUT2D eigenvalue weighted by atomic mass is 10.0. The first-order valence-electron chi connectivity index (χ1n) is 8.55. The number of carbonyl (C=O) groups excluding carboxylic acids is 1. The zero-order valence-corrected chi connectivity index (χ0v) is 14.1. The molecule has 1 aliphatic heterocycles. The van der Waals surface area contributed by atoms with E-state index in [1.165, 1.54) is 29.7 Å². The van der Waals surface area contributed by atoms with E-state index in [1.807, 2.05) is 0 Å². The number of hydrogen-bond acceptors (Lipinski definition) is 3. The summed E-state index contributed by atoms with van der Waals surface area (Å²) in [7, 11) is 0. The Kier molecular flexibility index (Phi) is 5.64. The van der Waals surface area contributed by atoms with Crippen molar-refractivity contribution < 1.29 is 13.6 Å². The van der Waals surface area contributed by atoms with Crippen molar-refractivity contribution in [3.05, 3.63) is 21.4 Å². The Hall–Kier alpha value is -1.01. The third-order valence-corrected chi connectivity index (χ3v) is 6.03. The summed E-state index contributed by atoms with van der Waals surface area (Å²) in [4.78, 5) is 16.4. The number of rotatable bonds is 4. The molecule has 1 fully saturated rings. The number of carbonyl (C=O) groups is 1.